The lowest BCUT2D eigenvalue weighted by Crippen LogP contribution is -2.40. The molecule has 184 valence electrons. The number of unbranched alkanes of at least 4 members (excludes halogenated alkanes) is 2. The predicted octanol–water partition coefficient (Wildman–Crippen LogP) is 7.76. The fourth-order valence-electron chi connectivity index (χ4n) is 4.46. The Hall–Kier alpha value is -2.40. The first-order valence-electron chi connectivity index (χ1n) is 12.3. The van der Waals surface area contributed by atoms with E-state index in [9.17, 15) is 15.0 Å². The molecule has 1 aliphatic rings. The molecular weight excluding hydrogens is 444 g/mol. The standard InChI is InChI=1S/C29H38O4S/c1-6-7-8-16-29(17-15-21-10-12-22(30)13-11-21)19-24(31)26(27(32)33-29)34-25-18-20(2)9-14-23(25)28(3,4)5/h9-14,18,30-31H,6-8,15-17,19H2,1-5H3. The van der Waals surface area contributed by atoms with Crippen LogP contribution in [0, 0.1) is 6.92 Å². The first kappa shape index (κ1) is 26.2. The number of rotatable bonds is 9. The second kappa shape index (κ2) is 10.9. The Bertz CT molecular complexity index is 1030. The number of benzene rings is 2. The fourth-order valence-corrected chi connectivity index (χ4v) is 5.73. The quantitative estimate of drug-likeness (QED) is 0.282. The number of phenols is 1. The number of hydrogen-bond acceptors (Lipinski definition) is 5. The zero-order chi connectivity index (χ0) is 24.9. The maximum absolute atomic E-state index is 13.3. The summed E-state index contributed by atoms with van der Waals surface area (Å²) in [7, 11) is 0. The number of carbonyl (C=O) groups is 1. The molecule has 2 aromatic carbocycles. The van der Waals surface area contributed by atoms with Crippen LogP contribution in [0.5, 0.6) is 5.75 Å². The summed E-state index contributed by atoms with van der Waals surface area (Å²) < 4.78 is 6.15. The number of aliphatic hydroxyl groups is 1. The Morgan fingerprint density at radius 3 is 2.35 bits per heavy atom. The van der Waals surface area contributed by atoms with Gasteiger partial charge in [0.1, 0.15) is 22.0 Å². The number of aryl methyl sites for hydroxylation is 2. The van der Waals surface area contributed by atoms with Crippen LogP contribution in [0.3, 0.4) is 0 Å². The average molecular weight is 483 g/mol. The topological polar surface area (TPSA) is 66.8 Å². The van der Waals surface area contributed by atoms with E-state index >= 15 is 0 Å². The van der Waals surface area contributed by atoms with Crippen LogP contribution in [0.25, 0.3) is 0 Å². The summed E-state index contributed by atoms with van der Waals surface area (Å²) >= 11 is 1.32. The van der Waals surface area contributed by atoms with Gasteiger partial charge in [0.2, 0.25) is 0 Å². The van der Waals surface area contributed by atoms with Crippen LogP contribution in [-0.2, 0) is 21.4 Å². The SMILES string of the molecule is CCCCCC1(CCc2ccc(O)cc2)CC(O)=C(Sc2cc(C)ccc2C(C)(C)C)C(=O)O1. The summed E-state index contributed by atoms with van der Waals surface area (Å²) in [5.74, 6) is -0.0688. The van der Waals surface area contributed by atoms with Crippen molar-refractivity contribution in [2.75, 3.05) is 0 Å². The van der Waals surface area contributed by atoms with E-state index in [-0.39, 0.29) is 16.9 Å². The Labute approximate surface area is 208 Å². The lowest BCUT2D eigenvalue weighted by atomic mass is 9.84. The molecule has 0 spiro atoms. The number of aromatic hydroxyl groups is 1. The lowest BCUT2D eigenvalue weighted by Gasteiger charge is -2.37. The van der Waals surface area contributed by atoms with Crippen molar-refractivity contribution in [2.45, 2.75) is 95.5 Å². The van der Waals surface area contributed by atoms with Crippen molar-refractivity contribution in [3.8, 4) is 5.75 Å². The molecule has 2 N–H and O–H groups in total. The number of thioether (sulfide) groups is 1. The predicted molar refractivity (Wildman–Crippen MR) is 139 cm³/mol. The number of cyclic esters (lactones) is 1. The van der Waals surface area contributed by atoms with E-state index in [1.165, 1.54) is 11.8 Å². The fraction of sp³-hybridized carbons (Fsp3) is 0.483. The second-order valence-corrected chi connectivity index (χ2v) is 11.6. The summed E-state index contributed by atoms with van der Waals surface area (Å²) in [6.45, 7) is 10.6. The molecule has 0 saturated heterocycles. The molecule has 4 nitrogen and oxygen atoms in total. The second-order valence-electron chi connectivity index (χ2n) is 10.5. The molecule has 1 aliphatic heterocycles. The van der Waals surface area contributed by atoms with Crippen LogP contribution in [-0.4, -0.2) is 21.8 Å². The van der Waals surface area contributed by atoms with Gasteiger partial charge < -0.3 is 14.9 Å². The van der Waals surface area contributed by atoms with E-state index < -0.39 is 11.6 Å². The summed E-state index contributed by atoms with van der Waals surface area (Å²) in [5, 5.41) is 20.7. The molecule has 1 unspecified atom stereocenters. The van der Waals surface area contributed by atoms with Gasteiger partial charge in [-0.05, 0) is 72.9 Å². The average Bonchev–Trinajstić information content (AvgIpc) is 2.75. The van der Waals surface area contributed by atoms with Gasteiger partial charge in [-0.25, -0.2) is 4.79 Å². The van der Waals surface area contributed by atoms with E-state index in [1.54, 1.807) is 12.1 Å². The Kier molecular flexibility index (Phi) is 8.40. The Morgan fingerprint density at radius 2 is 1.74 bits per heavy atom. The van der Waals surface area contributed by atoms with Crippen molar-refractivity contribution >= 4 is 17.7 Å². The number of esters is 1. The minimum absolute atomic E-state index is 0.0845. The van der Waals surface area contributed by atoms with Gasteiger partial charge in [-0.3, -0.25) is 0 Å². The highest BCUT2D eigenvalue weighted by molar-refractivity contribution is 8.04. The molecule has 0 bridgehead atoms. The molecule has 0 fully saturated rings. The van der Waals surface area contributed by atoms with Crippen LogP contribution >= 0.6 is 11.8 Å². The number of hydrogen-bond donors (Lipinski definition) is 2. The van der Waals surface area contributed by atoms with Gasteiger partial charge in [-0.15, -0.1) is 0 Å². The van der Waals surface area contributed by atoms with Crippen LogP contribution in [0.15, 0.2) is 58.0 Å². The van der Waals surface area contributed by atoms with Crippen LogP contribution < -0.4 is 0 Å². The minimum atomic E-state index is -0.711. The Morgan fingerprint density at radius 1 is 1.03 bits per heavy atom. The van der Waals surface area contributed by atoms with E-state index in [0.29, 0.717) is 24.2 Å². The molecule has 0 aromatic heterocycles. The number of carbonyl (C=O) groups excluding carboxylic acids is 1. The van der Waals surface area contributed by atoms with Crippen molar-refractivity contribution in [3.63, 3.8) is 0 Å². The van der Waals surface area contributed by atoms with E-state index in [1.807, 2.05) is 19.1 Å². The lowest BCUT2D eigenvalue weighted by molar-refractivity contribution is -0.159. The van der Waals surface area contributed by atoms with Crippen molar-refractivity contribution in [1.82, 2.24) is 0 Å². The molecule has 0 radical (unpaired) electrons. The van der Waals surface area contributed by atoms with E-state index in [2.05, 4.69) is 45.9 Å². The van der Waals surface area contributed by atoms with Crippen LogP contribution in [0.1, 0.15) is 82.9 Å². The first-order valence-corrected chi connectivity index (χ1v) is 13.1. The normalized spacial score (nSPS) is 18.8. The smallest absolute Gasteiger partial charge is 0.349 e. The molecule has 5 heteroatoms. The molecule has 34 heavy (non-hydrogen) atoms. The minimum Gasteiger partial charge on any atom is -0.511 e. The van der Waals surface area contributed by atoms with Gasteiger partial charge in [0.05, 0.1) is 0 Å². The number of ether oxygens (including phenoxy) is 1. The van der Waals surface area contributed by atoms with Gasteiger partial charge in [-0.2, -0.15) is 0 Å². The van der Waals surface area contributed by atoms with Crippen molar-refractivity contribution in [3.05, 3.63) is 69.8 Å². The number of aliphatic hydroxyl groups excluding tert-OH is 1. The van der Waals surface area contributed by atoms with Gasteiger partial charge in [-0.1, -0.05) is 76.6 Å². The van der Waals surface area contributed by atoms with Crippen LogP contribution in [0.2, 0.25) is 0 Å². The summed E-state index contributed by atoms with van der Waals surface area (Å²) in [4.78, 5) is 14.5. The van der Waals surface area contributed by atoms with E-state index in [4.69, 9.17) is 4.74 Å². The number of phenolic OH excluding ortho intramolecular Hbond substituents is 1. The molecular formula is C29H38O4S. The third kappa shape index (κ3) is 6.59. The maximum atomic E-state index is 13.3. The van der Waals surface area contributed by atoms with Crippen molar-refractivity contribution < 1.29 is 19.7 Å². The molecule has 0 amide bonds. The third-order valence-electron chi connectivity index (χ3n) is 6.45. The van der Waals surface area contributed by atoms with Gasteiger partial charge in [0, 0.05) is 11.3 Å². The monoisotopic (exact) mass is 482 g/mol. The summed E-state index contributed by atoms with van der Waals surface area (Å²) in [5.41, 5.74) is 2.53. The molecule has 1 atom stereocenters. The third-order valence-corrected chi connectivity index (χ3v) is 7.61. The maximum Gasteiger partial charge on any atom is 0.349 e. The molecule has 0 saturated carbocycles. The highest BCUT2D eigenvalue weighted by Gasteiger charge is 2.42. The highest BCUT2D eigenvalue weighted by Crippen LogP contribution is 2.44. The van der Waals surface area contributed by atoms with Gasteiger partial charge in [0.15, 0.2) is 0 Å². The molecule has 3 rings (SSSR count). The highest BCUT2D eigenvalue weighted by atomic mass is 32.2. The molecule has 2 aromatic rings. The zero-order valence-electron chi connectivity index (χ0n) is 21.1. The van der Waals surface area contributed by atoms with Gasteiger partial charge in [0.25, 0.3) is 0 Å². The van der Waals surface area contributed by atoms with Crippen molar-refractivity contribution in [2.24, 2.45) is 0 Å². The zero-order valence-corrected chi connectivity index (χ0v) is 21.9. The summed E-state index contributed by atoms with van der Waals surface area (Å²) in [6, 6.07) is 13.4. The molecule has 0 aliphatic carbocycles. The Balaban J connectivity index is 1.86. The van der Waals surface area contributed by atoms with Crippen molar-refractivity contribution in [1.29, 1.82) is 0 Å². The largest absolute Gasteiger partial charge is 0.511 e. The summed E-state index contributed by atoms with van der Waals surface area (Å²) in [6.07, 6.45) is 5.48. The van der Waals surface area contributed by atoms with E-state index in [0.717, 1.165) is 47.3 Å². The molecule has 1 heterocycles. The van der Waals surface area contributed by atoms with Gasteiger partial charge >= 0.3 is 5.97 Å². The van der Waals surface area contributed by atoms with Crippen LogP contribution in [0.4, 0.5) is 0 Å². The first-order chi connectivity index (χ1) is 16.0.